The Labute approximate surface area is 173 Å². The number of hydrogen-bond donors (Lipinski definition) is 0. The largest absolute Gasteiger partial charge is 0.461 e. The molecule has 4 rings (SSSR count). The first-order chi connectivity index (χ1) is 13.9. The Kier molecular flexibility index (Phi) is 5.72. The number of anilines is 1. The molecule has 4 heterocycles. The molecule has 2 atom stereocenters. The summed E-state index contributed by atoms with van der Waals surface area (Å²) in [6.45, 7) is 2.57. The van der Waals surface area contributed by atoms with Crippen LogP contribution in [-0.2, 0) is 4.74 Å². The maximum Gasteiger partial charge on any atom is 0.319 e. The van der Waals surface area contributed by atoms with Gasteiger partial charge in [0.2, 0.25) is 0 Å². The highest BCUT2D eigenvalue weighted by atomic mass is 35.5. The van der Waals surface area contributed by atoms with Crippen LogP contribution in [0.25, 0.3) is 10.9 Å². The van der Waals surface area contributed by atoms with Crippen LogP contribution in [0.4, 0.5) is 14.6 Å². The van der Waals surface area contributed by atoms with Crippen LogP contribution in [0.1, 0.15) is 19.3 Å². The molecule has 2 aromatic rings. The number of alkyl halides is 1. The molecule has 0 aliphatic carbocycles. The Balaban J connectivity index is 1.66. The molecule has 0 radical (unpaired) electrons. The van der Waals surface area contributed by atoms with E-state index in [1.807, 2.05) is 11.9 Å². The summed E-state index contributed by atoms with van der Waals surface area (Å²) in [5, 5.41) is 0.174. The average molecular weight is 428 g/mol. The second-order valence-electron chi connectivity index (χ2n) is 7.73. The zero-order chi connectivity index (χ0) is 20.6. The first-order valence-electron chi connectivity index (χ1n) is 9.67. The van der Waals surface area contributed by atoms with Gasteiger partial charge in [0.25, 0.3) is 0 Å². The molecule has 7 nitrogen and oxygen atoms in total. The van der Waals surface area contributed by atoms with Gasteiger partial charge in [-0.15, -0.1) is 0 Å². The third-order valence-electron chi connectivity index (χ3n) is 5.82. The van der Waals surface area contributed by atoms with E-state index in [9.17, 15) is 8.78 Å². The fourth-order valence-corrected chi connectivity index (χ4v) is 4.47. The molecule has 0 aromatic carbocycles. The fourth-order valence-electron chi connectivity index (χ4n) is 4.34. The Morgan fingerprint density at radius 2 is 2.24 bits per heavy atom. The summed E-state index contributed by atoms with van der Waals surface area (Å²) >= 11 is 5.85. The molecule has 2 fully saturated rings. The quantitative estimate of drug-likeness (QED) is 0.629. The molecule has 2 aliphatic heterocycles. The highest BCUT2D eigenvalue weighted by molar-refractivity contribution is 6.30. The van der Waals surface area contributed by atoms with E-state index in [-0.39, 0.29) is 28.8 Å². The van der Waals surface area contributed by atoms with Gasteiger partial charge >= 0.3 is 6.01 Å². The summed E-state index contributed by atoms with van der Waals surface area (Å²) in [4.78, 5) is 16.6. The van der Waals surface area contributed by atoms with Gasteiger partial charge in [-0.25, -0.2) is 13.8 Å². The third kappa shape index (κ3) is 3.83. The molecule has 2 aromatic heterocycles. The second kappa shape index (κ2) is 8.12. The normalized spacial score (nSPS) is 24.2. The van der Waals surface area contributed by atoms with Crippen LogP contribution in [-0.4, -0.2) is 78.6 Å². The second-order valence-corrected chi connectivity index (χ2v) is 8.09. The van der Waals surface area contributed by atoms with Crippen molar-refractivity contribution in [1.29, 1.82) is 0 Å². The van der Waals surface area contributed by atoms with Crippen LogP contribution in [0.3, 0.4) is 0 Å². The Hall–Kier alpha value is -1.84. The third-order valence-corrected chi connectivity index (χ3v) is 6.09. The van der Waals surface area contributed by atoms with Crippen molar-refractivity contribution in [3.8, 4) is 6.01 Å². The minimum atomic E-state index is -0.852. The molecular formula is C19H24ClF2N5O2. The standard InChI is InChI=1S/C19H24ClF2N5O2/c1-26(6-7-28-2)17-13-9-23-16(20)14(22)15(13)24-18(25-17)29-11-19-4-3-5-27(19)10-12(21)8-19/h9,12H,3-8,10-11H2,1-2H3/t12-,19+/m1/s1. The number of ether oxygens (including phenoxy) is 2. The van der Waals surface area contributed by atoms with Gasteiger partial charge < -0.3 is 14.4 Å². The van der Waals surface area contributed by atoms with Crippen LogP contribution in [0.5, 0.6) is 6.01 Å². The summed E-state index contributed by atoms with van der Waals surface area (Å²) < 4.78 is 39.7. The number of pyridine rings is 1. The van der Waals surface area contributed by atoms with Crippen molar-refractivity contribution in [3.05, 3.63) is 17.2 Å². The lowest BCUT2D eigenvalue weighted by Crippen LogP contribution is -2.43. The smallest absolute Gasteiger partial charge is 0.319 e. The predicted molar refractivity (Wildman–Crippen MR) is 106 cm³/mol. The topological polar surface area (TPSA) is 63.6 Å². The minimum Gasteiger partial charge on any atom is -0.461 e. The van der Waals surface area contributed by atoms with E-state index in [0.29, 0.717) is 37.3 Å². The SMILES string of the molecule is COCCN(C)c1nc(OC[C@@]23CCCN2C[C@H](F)C3)nc2c(F)c(Cl)ncc12. The van der Waals surface area contributed by atoms with Crippen LogP contribution < -0.4 is 9.64 Å². The first kappa shape index (κ1) is 20.4. The lowest BCUT2D eigenvalue weighted by atomic mass is 9.95. The Bertz CT molecular complexity index is 905. The van der Waals surface area contributed by atoms with Crippen molar-refractivity contribution in [2.24, 2.45) is 0 Å². The van der Waals surface area contributed by atoms with Crippen molar-refractivity contribution in [2.45, 2.75) is 31.0 Å². The number of rotatable bonds is 7. The predicted octanol–water partition coefficient (Wildman–Crippen LogP) is 2.86. The molecule has 0 N–H and O–H groups in total. The monoisotopic (exact) mass is 427 g/mol. The number of hydrogen-bond acceptors (Lipinski definition) is 7. The molecule has 2 aliphatic rings. The van der Waals surface area contributed by atoms with Crippen molar-refractivity contribution in [3.63, 3.8) is 0 Å². The van der Waals surface area contributed by atoms with E-state index in [4.69, 9.17) is 21.1 Å². The average Bonchev–Trinajstić information content (AvgIpc) is 3.22. The van der Waals surface area contributed by atoms with Crippen LogP contribution in [0.2, 0.25) is 5.15 Å². The Morgan fingerprint density at radius 1 is 1.41 bits per heavy atom. The number of aromatic nitrogens is 3. The number of likely N-dealkylation sites (N-methyl/N-ethyl adjacent to an activating group) is 1. The highest BCUT2D eigenvalue weighted by Gasteiger charge is 2.49. The number of halogens is 3. The summed E-state index contributed by atoms with van der Waals surface area (Å²) in [5.41, 5.74) is -0.293. The van der Waals surface area contributed by atoms with E-state index >= 15 is 0 Å². The molecule has 0 saturated carbocycles. The van der Waals surface area contributed by atoms with Gasteiger partial charge in [0.05, 0.1) is 17.5 Å². The molecule has 29 heavy (non-hydrogen) atoms. The van der Waals surface area contributed by atoms with Crippen LogP contribution in [0.15, 0.2) is 6.20 Å². The minimum absolute atomic E-state index is 0.0430. The number of methoxy groups -OCH3 is 1. The van der Waals surface area contributed by atoms with E-state index < -0.39 is 12.0 Å². The van der Waals surface area contributed by atoms with Gasteiger partial charge in [0.1, 0.15) is 24.1 Å². The summed E-state index contributed by atoms with van der Waals surface area (Å²) in [6, 6.07) is 0.0430. The van der Waals surface area contributed by atoms with E-state index in [2.05, 4.69) is 19.9 Å². The molecule has 0 amide bonds. The van der Waals surface area contributed by atoms with Crippen molar-refractivity contribution >= 4 is 28.3 Å². The summed E-state index contributed by atoms with van der Waals surface area (Å²) in [5.74, 6) is -0.246. The van der Waals surface area contributed by atoms with Crippen LogP contribution >= 0.6 is 11.6 Å². The molecular weight excluding hydrogens is 404 g/mol. The zero-order valence-corrected chi connectivity index (χ0v) is 17.3. The zero-order valence-electron chi connectivity index (χ0n) is 16.5. The molecule has 0 unspecified atom stereocenters. The summed E-state index contributed by atoms with van der Waals surface area (Å²) in [6.07, 6.45) is 2.91. The van der Waals surface area contributed by atoms with Gasteiger partial charge in [-0.1, -0.05) is 11.6 Å². The number of fused-ring (bicyclic) bond motifs is 2. The molecule has 0 spiro atoms. The van der Waals surface area contributed by atoms with Gasteiger partial charge in [0.15, 0.2) is 11.0 Å². The lowest BCUT2D eigenvalue weighted by molar-refractivity contribution is 0.107. The van der Waals surface area contributed by atoms with Gasteiger partial charge in [-0.2, -0.15) is 9.97 Å². The molecule has 158 valence electrons. The van der Waals surface area contributed by atoms with Crippen LogP contribution in [0, 0.1) is 5.82 Å². The Morgan fingerprint density at radius 3 is 3.03 bits per heavy atom. The van der Waals surface area contributed by atoms with Crippen molar-refractivity contribution < 1.29 is 18.3 Å². The molecule has 2 saturated heterocycles. The van der Waals surface area contributed by atoms with E-state index in [1.165, 1.54) is 6.20 Å². The fraction of sp³-hybridized carbons (Fsp3) is 0.632. The van der Waals surface area contributed by atoms with Gasteiger partial charge in [-0.05, 0) is 19.4 Å². The number of nitrogens with zero attached hydrogens (tertiary/aromatic N) is 5. The lowest BCUT2D eigenvalue weighted by Gasteiger charge is -2.31. The van der Waals surface area contributed by atoms with E-state index in [0.717, 1.165) is 19.4 Å². The molecule has 10 heteroatoms. The summed E-state index contributed by atoms with van der Waals surface area (Å²) in [7, 11) is 3.42. The highest BCUT2D eigenvalue weighted by Crippen LogP contribution is 2.40. The van der Waals surface area contributed by atoms with Gasteiger partial charge in [-0.3, -0.25) is 4.90 Å². The molecule has 0 bridgehead atoms. The maximum absolute atomic E-state index is 14.6. The van der Waals surface area contributed by atoms with Gasteiger partial charge in [0, 0.05) is 39.9 Å². The first-order valence-corrected chi connectivity index (χ1v) is 10.0. The van der Waals surface area contributed by atoms with Crippen molar-refractivity contribution in [2.75, 3.05) is 51.9 Å². The van der Waals surface area contributed by atoms with Crippen molar-refractivity contribution in [1.82, 2.24) is 19.9 Å². The maximum atomic E-state index is 14.6. The van der Waals surface area contributed by atoms with E-state index in [1.54, 1.807) is 7.11 Å².